The molecule has 4 N–H and O–H groups in total. The average Bonchev–Trinajstić information content (AvgIpc) is 2.23. The Morgan fingerprint density at radius 2 is 1.82 bits per heavy atom. The number of terminal acetylenes is 1. The third kappa shape index (κ3) is 7.67. The van der Waals surface area contributed by atoms with Gasteiger partial charge in [0.15, 0.2) is 0 Å². The van der Waals surface area contributed by atoms with Gasteiger partial charge in [0.25, 0.3) is 0 Å². The Bertz CT molecular complexity index is 357. The summed E-state index contributed by atoms with van der Waals surface area (Å²) >= 11 is 0. The van der Waals surface area contributed by atoms with Gasteiger partial charge in [0.1, 0.15) is 6.54 Å². The Labute approximate surface area is 99.0 Å². The fourth-order valence-corrected chi connectivity index (χ4v) is 0.761. The number of nitrogens with one attached hydrogen (secondary N) is 3. The predicted octanol–water partition coefficient (Wildman–Crippen LogP) is -1.10. The summed E-state index contributed by atoms with van der Waals surface area (Å²) in [6.45, 7) is 2.44. The fourth-order valence-electron chi connectivity index (χ4n) is 0.761. The second-order valence-electron chi connectivity index (χ2n) is 3.75. The summed E-state index contributed by atoms with van der Waals surface area (Å²) in [4.78, 5) is 32.4. The molecule has 0 aromatic heterocycles. The largest absolute Gasteiger partial charge is 0.480 e. The summed E-state index contributed by atoms with van der Waals surface area (Å²) in [6, 6.07) is -0.599. The molecule has 0 unspecified atom stereocenters. The Morgan fingerprint density at radius 3 is 2.29 bits per heavy atom. The van der Waals surface area contributed by atoms with Crippen LogP contribution < -0.4 is 16.0 Å². The number of carbonyl (C=O) groups excluding carboxylic acids is 2. The van der Waals surface area contributed by atoms with E-state index in [4.69, 9.17) is 11.5 Å². The summed E-state index contributed by atoms with van der Waals surface area (Å²) in [7, 11) is 0. The Kier molecular flexibility index (Phi) is 5.54. The summed E-state index contributed by atoms with van der Waals surface area (Å²) < 4.78 is 0. The Hall–Kier alpha value is -2.23. The first-order valence-corrected chi connectivity index (χ1v) is 4.79. The number of hydrogen-bond acceptors (Lipinski definition) is 3. The van der Waals surface area contributed by atoms with Crippen LogP contribution in [0.1, 0.15) is 13.8 Å². The molecule has 0 rings (SSSR count). The number of urea groups is 1. The van der Waals surface area contributed by atoms with Gasteiger partial charge >= 0.3 is 12.0 Å². The molecular formula is C10H15N3O4. The number of amides is 3. The van der Waals surface area contributed by atoms with Gasteiger partial charge in [0.05, 0.1) is 12.1 Å². The quantitative estimate of drug-likeness (QED) is 0.458. The molecular weight excluding hydrogens is 226 g/mol. The normalized spacial score (nSPS) is 9.94. The van der Waals surface area contributed by atoms with Crippen molar-refractivity contribution in [2.45, 2.75) is 19.4 Å². The van der Waals surface area contributed by atoms with Gasteiger partial charge in [-0.05, 0) is 13.8 Å². The van der Waals surface area contributed by atoms with E-state index < -0.39 is 30.0 Å². The number of carboxylic acid groups (broad SMARTS) is 1. The van der Waals surface area contributed by atoms with Crippen molar-refractivity contribution in [1.29, 1.82) is 0 Å². The zero-order valence-electron chi connectivity index (χ0n) is 9.66. The maximum atomic E-state index is 11.2. The molecule has 0 heterocycles. The maximum Gasteiger partial charge on any atom is 0.322 e. The molecule has 0 aliphatic heterocycles. The molecule has 0 bridgehead atoms. The van der Waals surface area contributed by atoms with Crippen LogP contribution in [0.5, 0.6) is 0 Å². The zero-order valence-corrected chi connectivity index (χ0v) is 9.66. The van der Waals surface area contributed by atoms with Crippen molar-refractivity contribution in [3.05, 3.63) is 0 Å². The number of rotatable bonds is 5. The monoisotopic (exact) mass is 241 g/mol. The van der Waals surface area contributed by atoms with Gasteiger partial charge in [-0.15, -0.1) is 6.42 Å². The van der Waals surface area contributed by atoms with Crippen LogP contribution in [0.4, 0.5) is 4.79 Å². The molecule has 0 aliphatic carbocycles. The number of carbonyl (C=O) groups is 3. The molecule has 0 radical (unpaired) electrons. The molecule has 0 saturated heterocycles. The molecule has 0 aromatic rings. The topological polar surface area (TPSA) is 108 Å². The third-order valence-electron chi connectivity index (χ3n) is 1.63. The van der Waals surface area contributed by atoms with Crippen LogP contribution >= 0.6 is 0 Å². The molecule has 17 heavy (non-hydrogen) atoms. The van der Waals surface area contributed by atoms with Crippen molar-refractivity contribution in [3.8, 4) is 12.3 Å². The highest BCUT2D eigenvalue weighted by atomic mass is 16.4. The van der Waals surface area contributed by atoms with E-state index in [-0.39, 0.29) is 6.54 Å². The van der Waals surface area contributed by atoms with Crippen LogP contribution in [0, 0.1) is 12.3 Å². The number of hydrogen-bond donors (Lipinski definition) is 4. The molecule has 7 heteroatoms. The SMILES string of the molecule is C#CC(C)(C)NC(=O)NCC(=O)NCC(=O)O. The Morgan fingerprint density at radius 1 is 1.24 bits per heavy atom. The van der Waals surface area contributed by atoms with Crippen molar-refractivity contribution in [3.63, 3.8) is 0 Å². The van der Waals surface area contributed by atoms with Gasteiger partial charge in [0, 0.05) is 0 Å². The van der Waals surface area contributed by atoms with E-state index in [1.807, 2.05) is 0 Å². The van der Waals surface area contributed by atoms with Gasteiger partial charge in [-0.1, -0.05) is 5.92 Å². The standard InChI is InChI=1S/C10H15N3O4/c1-4-10(2,3)13-9(17)12-5-7(14)11-6-8(15)16/h1H,5-6H2,2-3H3,(H,11,14)(H,15,16)(H2,12,13,17). The van der Waals surface area contributed by atoms with Crippen molar-refractivity contribution in [2.75, 3.05) is 13.1 Å². The second kappa shape index (κ2) is 6.37. The van der Waals surface area contributed by atoms with Crippen LogP contribution in [-0.2, 0) is 9.59 Å². The van der Waals surface area contributed by atoms with E-state index >= 15 is 0 Å². The highest BCUT2D eigenvalue weighted by Gasteiger charge is 2.16. The summed E-state index contributed by atoms with van der Waals surface area (Å²) in [5, 5.41) is 15.1. The van der Waals surface area contributed by atoms with E-state index in [0.717, 1.165) is 0 Å². The van der Waals surface area contributed by atoms with E-state index in [0.29, 0.717) is 0 Å². The lowest BCUT2D eigenvalue weighted by atomic mass is 10.1. The van der Waals surface area contributed by atoms with Gasteiger partial charge in [-0.25, -0.2) is 4.79 Å². The molecule has 0 aliphatic rings. The minimum absolute atomic E-state index is 0.320. The van der Waals surface area contributed by atoms with Crippen LogP contribution in [0.3, 0.4) is 0 Å². The van der Waals surface area contributed by atoms with Crippen molar-refractivity contribution < 1.29 is 19.5 Å². The summed E-state index contributed by atoms with van der Waals surface area (Å²) in [5.74, 6) is 0.597. The lowest BCUT2D eigenvalue weighted by Gasteiger charge is -2.19. The van der Waals surface area contributed by atoms with Crippen molar-refractivity contribution >= 4 is 17.9 Å². The average molecular weight is 241 g/mol. The summed E-state index contributed by atoms with van der Waals surface area (Å²) in [6.07, 6.45) is 5.15. The minimum atomic E-state index is -1.16. The van der Waals surface area contributed by atoms with Crippen LogP contribution in [0.2, 0.25) is 0 Å². The zero-order chi connectivity index (χ0) is 13.5. The maximum absolute atomic E-state index is 11.2. The molecule has 3 amide bonds. The fraction of sp³-hybridized carbons (Fsp3) is 0.500. The van der Waals surface area contributed by atoms with Gasteiger partial charge in [-0.2, -0.15) is 0 Å². The first-order valence-electron chi connectivity index (χ1n) is 4.79. The minimum Gasteiger partial charge on any atom is -0.480 e. The predicted molar refractivity (Wildman–Crippen MR) is 60.1 cm³/mol. The van der Waals surface area contributed by atoms with Crippen LogP contribution in [-0.4, -0.2) is 41.6 Å². The van der Waals surface area contributed by atoms with Gasteiger partial charge < -0.3 is 21.1 Å². The van der Waals surface area contributed by atoms with E-state index in [1.165, 1.54) is 0 Å². The lowest BCUT2D eigenvalue weighted by molar-refractivity contribution is -0.137. The third-order valence-corrected chi connectivity index (χ3v) is 1.63. The van der Waals surface area contributed by atoms with Gasteiger partial charge in [-0.3, -0.25) is 9.59 Å². The highest BCUT2D eigenvalue weighted by molar-refractivity contribution is 5.86. The second-order valence-corrected chi connectivity index (χ2v) is 3.75. The van der Waals surface area contributed by atoms with Crippen molar-refractivity contribution in [2.24, 2.45) is 0 Å². The lowest BCUT2D eigenvalue weighted by Crippen LogP contribution is -2.49. The molecule has 0 saturated carbocycles. The smallest absolute Gasteiger partial charge is 0.322 e. The molecule has 0 atom stereocenters. The molecule has 94 valence electrons. The van der Waals surface area contributed by atoms with E-state index in [1.54, 1.807) is 13.8 Å². The van der Waals surface area contributed by atoms with E-state index in [2.05, 4.69) is 21.9 Å². The number of aliphatic carboxylic acids is 1. The van der Waals surface area contributed by atoms with Crippen LogP contribution in [0.25, 0.3) is 0 Å². The van der Waals surface area contributed by atoms with Crippen LogP contribution in [0.15, 0.2) is 0 Å². The molecule has 0 aromatic carbocycles. The first kappa shape index (κ1) is 14.8. The van der Waals surface area contributed by atoms with E-state index in [9.17, 15) is 14.4 Å². The molecule has 7 nitrogen and oxygen atoms in total. The van der Waals surface area contributed by atoms with Crippen molar-refractivity contribution in [1.82, 2.24) is 16.0 Å². The number of carboxylic acids is 1. The summed E-state index contributed by atoms with van der Waals surface area (Å²) in [5.41, 5.74) is -0.818. The molecule has 0 fully saturated rings. The highest BCUT2D eigenvalue weighted by Crippen LogP contribution is 1.97. The Balaban J connectivity index is 3.89. The first-order chi connectivity index (χ1) is 7.76. The molecule has 0 spiro atoms. The van der Waals surface area contributed by atoms with Gasteiger partial charge in [0.2, 0.25) is 5.91 Å².